The fourth-order valence-corrected chi connectivity index (χ4v) is 0.907. The molecule has 1 aromatic heterocycles. The first-order valence-electron chi connectivity index (χ1n) is 3.10. The Balaban J connectivity index is 3.10. The Morgan fingerprint density at radius 1 is 1.46 bits per heavy atom. The fourth-order valence-electron chi connectivity index (χ4n) is 0.687. The summed E-state index contributed by atoms with van der Waals surface area (Å²) in [6, 6.07) is 0.731. The molecule has 1 aromatic rings. The van der Waals surface area contributed by atoms with Crippen molar-refractivity contribution in [3.63, 3.8) is 0 Å². The lowest BCUT2D eigenvalue weighted by atomic mass is 10.3. The first-order chi connectivity index (χ1) is 5.95. The van der Waals surface area contributed by atoms with Gasteiger partial charge in [-0.15, -0.1) is 0 Å². The van der Waals surface area contributed by atoms with Gasteiger partial charge in [0, 0.05) is 6.20 Å². The molecule has 0 N–H and O–H groups in total. The van der Waals surface area contributed by atoms with Crippen LogP contribution in [0, 0.1) is 7.11 Å². The molecule has 1 rings (SSSR count). The summed E-state index contributed by atoms with van der Waals surface area (Å²) in [6.07, 6.45) is -3.82. The lowest BCUT2D eigenvalue weighted by Gasteiger charge is -2.07. The summed E-state index contributed by atoms with van der Waals surface area (Å²) in [5.74, 6) is -0.130. The zero-order valence-electron chi connectivity index (χ0n) is 6.23. The lowest BCUT2D eigenvalue weighted by Crippen LogP contribution is -2.05. The zero-order chi connectivity index (χ0) is 10.1. The van der Waals surface area contributed by atoms with Crippen LogP contribution in [0.5, 0.6) is 5.88 Å². The van der Waals surface area contributed by atoms with Gasteiger partial charge >= 0.3 is 6.18 Å². The Bertz CT molecular complexity index is 313. The summed E-state index contributed by atoms with van der Waals surface area (Å²) >= 11 is 5.41. The largest absolute Gasteiger partial charge is 0.473 e. The summed E-state index contributed by atoms with van der Waals surface area (Å²) in [5, 5.41) is -0.218. The predicted molar refractivity (Wildman–Crippen MR) is 40.2 cm³/mol. The van der Waals surface area contributed by atoms with Gasteiger partial charge in [-0.1, -0.05) is 11.6 Å². The third-order valence-corrected chi connectivity index (χ3v) is 1.54. The van der Waals surface area contributed by atoms with Gasteiger partial charge in [-0.05, 0) is 6.07 Å². The van der Waals surface area contributed by atoms with Crippen LogP contribution in [0.3, 0.4) is 0 Å². The van der Waals surface area contributed by atoms with Gasteiger partial charge in [-0.2, -0.15) is 13.2 Å². The van der Waals surface area contributed by atoms with Crippen molar-refractivity contribution in [1.29, 1.82) is 0 Å². The lowest BCUT2D eigenvalue weighted by molar-refractivity contribution is -0.137. The second kappa shape index (κ2) is 3.41. The minimum atomic E-state index is -4.45. The third kappa shape index (κ3) is 2.24. The minimum Gasteiger partial charge on any atom is -0.473 e. The average Bonchev–Trinajstić information content (AvgIpc) is 2.02. The molecule has 71 valence electrons. The Hall–Kier alpha value is -0.970. The van der Waals surface area contributed by atoms with E-state index >= 15 is 0 Å². The number of rotatable bonds is 1. The third-order valence-electron chi connectivity index (χ3n) is 1.27. The molecule has 6 heteroatoms. The molecule has 0 spiro atoms. The van der Waals surface area contributed by atoms with Crippen molar-refractivity contribution >= 4 is 11.6 Å². The number of halogens is 4. The van der Waals surface area contributed by atoms with E-state index in [4.69, 9.17) is 11.6 Å². The van der Waals surface area contributed by atoms with Gasteiger partial charge in [-0.3, -0.25) is 0 Å². The van der Waals surface area contributed by atoms with Gasteiger partial charge < -0.3 is 4.74 Å². The maximum absolute atomic E-state index is 12.0. The molecule has 0 atom stereocenters. The summed E-state index contributed by atoms with van der Waals surface area (Å²) in [5.41, 5.74) is -0.918. The highest BCUT2D eigenvalue weighted by molar-refractivity contribution is 6.31. The van der Waals surface area contributed by atoms with Crippen LogP contribution in [0.2, 0.25) is 5.02 Å². The molecule has 1 radical (unpaired) electrons. The van der Waals surface area contributed by atoms with E-state index in [1.165, 1.54) is 0 Å². The van der Waals surface area contributed by atoms with Gasteiger partial charge in [0.25, 0.3) is 0 Å². The number of pyridine rings is 1. The second-order valence-electron chi connectivity index (χ2n) is 2.15. The second-order valence-corrected chi connectivity index (χ2v) is 2.56. The monoisotopic (exact) mass is 210 g/mol. The van der Waals surface area contributed by atoms with Gasteiger partial charge in [0.1, 0.15) is 12.1 Å². The maximum atomic E-state index is 12.0. The molecule has 0 fully saturated rings. The van der Waals surface area contributed by atoms with E-state index in [0.29, 0.717) is 6.20 Å². The van der Waals surface area contributed by atoms with Crippen LogP contribution >= 0.6 is 11.6 Å². The zero-order valence-corrected chi connectivity index (χ0v) is 6.99. The van der Waals surface area contributed by atoms with E-state index in [0.717, 1.165) is 6.07 Å². The Morgan fingerprint density at radius 3 is 2.46 bits per heavy atom. The number of nitrogens with zero attached hydrogens (tertiary/aromatic N) is 1. The molecule has 0 aliphatic rings. The highest BCUT2D eigenvalue weighted by Crippen LogP contribution is 2.32. The molecular formula is C7H4ClF3NO. The van der Waals surface area contributed by atoms with Gasteiger partial charge in [0.15, 0.2) is 0 Å². The van der Waals surface area contributed by atoms with Crippen molar-refractivity contribution in [2.24, 2.45) is 0 Å². The van der Waals surface area contributed by atoms with E-state index in [-0.39, 0.29) is 10.9 Å². The van der Waals surface area contributed by atoms with Crippen molar-refractivity contribution in [3.05, 3.63) is 30.0 Å². The van der Waals surface area contributed by atoms with Crippen LogP contribution in [0.1, 0.15) is 5.56 Å². The molecule has 0 bridgehead atoms. The van der Waals surface area contributed by atoms with Crippen LogP contribution in [0.4, 0.5) is 13.2 Å². The summed E-state index contributed by atoms with van der Waals surface area (Å²) < 4.78 is 40.5. The van der Waals surface area contributed by atoms with E-state index in [1.54, 1.807) is 0 Å². The molecule has 0 aliphatic carbocycles. The Morgan fingerprint density at radius 2 is 2.08 bits per heavy atom. The van der Waals surface area contributed by atoms with Crippen molar-refractivity contribution in [3.8, 4) is 5.88 Å². The summed E-state index contributed by atoms with van der Waals surface area (Å²) in [4.78, 5) is 3.33. The first kappa shape index (κ1) is 10.1. The average molecular weight is 211 g/mol. The highest BCUT2D eigenvalue weighted by atomic mass is 35.5. The SMILES string of the molecule is [CH2]Oc1ncc(C(F)(F)F)cc1Cl. The Kier molecular flexibility index (Phi) is 2.66. The smallest absolute Gasteiger partial charge is 0.417 e. The van der Waals surface area contributed by atoms with Crippen LogP contribution in [-0.2, 0) is 6.18 Å². The number of hydrogen-bond donors (Lipinski definition) is 0. The van der Waals surface area contributed by atoms with Crippen LogP contribution in [-0.4, -0.2) is 4.98 Å². The number of alkyl halides is 3. The van der Waals surface area contributed by atoms with E-state index in [2.05, 4.69) is 16.8 Å². The number of hydrogen-bond acceptors (Lipinski definition) is 2. The van der Waals surface area contributed by atoms with Gasteiger partial charge in [0.05, 0.1) is 5.56 Å². The van der Waals surface area contributed by atoms with Gasteiger partial charge in [0.2, 0.25) is 5.88 Å². The molecule has 0 aromatic carbocycles. The standard InChI is InChI=1S/C7H4ClF3NO/c1-13-6-5(8)2-4(3-12-6)7(9,10)11/h2-3H,1H2. The normalized spacial score (nSPS) is 11.5. The van der Waals surface area contributed by atoms with E-state index in [1.807, 2.05) is 0 Å². The Labute approximate surface area is 77.3 Å². The van der Waals surface area contributed by atoms with Crippen molar-refractivity contribution in [1.82, 2.24) is 4.98 Å². The molecule has 2 nitrogen and oxygen atoms in total. The number of ether oxygens (including phenoxy) is 1. The minimum absolute atomic E-state index is 0.130. The highest BCUT2D eigenvalue weighted by Gasteiger charge is 2.31. The van der Waals surface area contributed by atoms with Crippen LogP contribution in [0.15, 0.2) is 12.3 Å². The molecule has 0 saturated carbocycles. The number of aromatic nitrogens is 1. The summed E-state index contributed by atoms with van der Waals surface area (Å²) in [6.45, 7) is 0. The predicted octanol–water partition coefficient (Wildman–Crippen LogP) is 2.92. The molecule has 0 aliphatic heterocycles. The van der Waals surface area contributed by atoms with E-state index < -0.39 is 11.7 Å². The maximum Gasteiger partial charge on any atom is 0.417 e. The molecule has 13 heavy (non-hydrogen) atoms. The molecule has 0 unspecified atom stereocenters. The molecule has 0 saturated heterocycles. The van der Waals surface area contributed by atoms with Crippen LogP contribution in [0.25, 0.3) is 0 Å². The molecular weight excluding hydrogens is 207 g/mol. The van der Waals surface area contributed by atoms with Crippen molar-refractivity contribution in [2.75, 3.05) is 0 Å². The fraction of sp³-hybridized carbons (Fsp3) is 0.143. The topological polar surface area (TPSA) is 22.1 Å². The first-order valence-corrected chi connectivity index (χ1v) is 3.47. The van der Waals surface area contributed by atoms with Crippen LogP contribution < -0.4 is 4.74 Å². The van der Waals surface area contributed by atoms with Crippen molar-refractivity contribution < 1.29 is 17.9 Å². The molecule has 1 heterocycles. The molecule has 0 amide bonds. The summed E-state index contributed by atoms with van der Waals surface area (Å²) in [7, 11) is 2.98. The van der Waals surface area contributed by atoms with E-state index in [9.17, 15) is 13.2 Å². The quantitative estimate of drug-likeness (QED) is 0.711. The van der Waals surface area contributed by atoms with Gasteiger partial charge in [-0.25, -0.2) is 4.98 Å². The van der Waals surface area contributed by atoms with Crippen molar-refractivity contribution in [2.45, 2.75) is 6.18 Å².